The van der Waals surface area contributed by atoms with Crippen molar-refractivity contribution in [2.45, 2.75) is 19.8 Å². The van der Waals surface area contributed by atoms with Gasteiger partial charge in [0.25, 0.3) is 0 Å². The Morgan fingerprint density at radius 1 is 1.42 bits per heavy atom. The number of hydrogen-bond acceptors (Lipinski definition) is 2. The Bertz CT molecular complexity index is 102. The Hall–Kier alpha value is -0.340. The maximum Gasteiger partial charge on any atom is 0.0160 e. The Balaban J connectivity index is 3.25. The first kappa shape index (κ1) is 11.7. The van der Waals surface area contributed by atoms with E-state index in [1.807, 2.05) is 13.1 Å². The van der Waals surface area contributed by atoms with Gasteiger partial charge in [-0.3, -0.25) is 4.90 Å². The second kappa shape index (κ2) is 8.75. The average molecular weight is 170 g/mol. The van der Waals surface area contributed by atoms with E-state index < -0.39 is 0 Å². The normalized spacial score (nSPS) is 10.6. The molecule has 0 bridgehead atoms. The summed E-state index contributed by atoms with van der Waals surface area (Å²) < 4.78 is 0. The van der Waals surface area contributed by atoms with Gasteiger partial charge in [-0.15, -0.1) is 6.58 Å². The molecule has 2 nitrogen and oxygen atoms in total. The highest BCUT2D eigenvalue weighted by molar-refractivity contribution is 4.72. The molecule has 1 N–H and O–H groups in total. The van der Waals surface area contributed by atoms with Gasteiger partial charge in [0.05, 0.1) is 0 Å². The van der Waals surface area contributed by atoms with Crippen LogP contribution in [0.3, 0.4) is 0 Å². The SMILES string of the molecule is C=CCN(CC)CCCCNC. The quantitative estimate of drug-likeness (QED) is 0.438. The molecule has 0 amide bonds. The van der Waals surface area contributed by atoms with E-state index in [4.69, 9.17) is 0 Å². The second-order valence-electron chi connectivity index (χ2n) is 2.99. The second-order valence-corrected chi connectivity index (χ2v) is 2.99. The van der Waals surface area contributed by atoms with E-state index in [2.05, 4.69) is 23.7 Å². The molecule has 2 heteroatoms. The van der Waals surface area contributed by atoms with Crippen LogP contribution in [0.25, 0.3) is 0 Å². The third-order valence-electron chi connectivity index (χ3n) is 1.99. The molecule has 12 heavy (non-hydrogen) atoms. The molecule has 0 aliphatic carbocycles. The van der Waals surface area contributed by atoms with E-state index >= 15 is 0 Å². The van der Waals surface area contributed by atoms with Gasteiger partial charge in [-0.25, -0.2) is 0 Å². The molecule has 0 saturated heterocycles. The number of nitrogens with zero attached hydrogens (tertiary/aromatic N) is 1. The van der Waals surface area contributed by atoms with Gasteiger partial charge in [0.2, 0.25) is 0 Å². The smallest absolute Gasteiger partial charge is 0.0160 e. The van der Waals surface area contributed by atoms with Crippen molar-refractivity contribution in [3.63, 3.8) is 0 Å². The van der Waals surface area contributed by atoms with Gasteiger partial charge >= 0.3 is 0 Å². The van der Waals surface area contributed by atoms with Crippen LogP contribution in [-0.4, -0.2) is 38.1 Å². The lowest BCUT2D eigenvalue weighted by molar-refractivity contribution is 0.311. The van der Waals surface area contributed by atoms with Crippen LogP contribution in [0, 0.1) is 0 Å². The maximum atomic E-state index is 3.74. The van der Waals surface area contributed by atoms with Crippen molar-refractivity contribution in [2.75, 3.05) is 33.2 Å². The first-order valence-corrected chi connectivity index (χ1v) is 4.83. The predicted molar refractivity (Wildman–Crippen MR) is 55.5 cm³/mol. The van der Waals surface area contributed by atoms with Gasteiger partial charge in [-0.05, 0) is 39.5 Å². The highest BCUT2D eigenvalue weighted by atomic mass is 15.1. The number of nitrogens with one attached hydrogen (secondary N) is 1. The highest BCUT2D eigenvalue weighted by Crippen LogP contribution is 1.94. The molecule has 72 valence electrons. The van der Waals surface area contributed by atoms with Crippen LogP contribution < -0.4 is 5.32 Å². The van der Waals surface area contributed by atoms with Crippen molar-refractivity contribution in [3.8, 4) is 0 Å². The van der Waals surface area contributed by atoms with Crippen LogP contribution in [0.1, 0.15) is 19.8 Å². The fourth-order valence-corrected chi connectivity index (χ4v) is 1.20. The number of unbranched alkanes of at least 4 members (excludes halogenated alkanes) is 1. The molecule has 0 atom stereocenters. The van der Waals surface area contributed by atoms with Crippen LogP contribution in [0.15, 0.2) is 12.7 Å². The van der Waals surface area contributed by atoms with Crippen LogP contribution in [0.5, 0.6) is 0 Å². The van der Waals surface area contributed by atoms with Gasteiger partial charge in [-0.2, -0.15) is 0 Å². The molecular formula is C10H22N2. The molecule has 0 aromatic rings. The van der Waals surface area contributed by atoms with E-state index in [1.165, 1.54) is 19.4 Å². The first-order valence-electron chi connectivity index (χ1n) is 4.83. The highest BCUT2D eigenvalue weighted by Gasteiger charge is 1.97. The van der Waals surface area contributed by atoms with Crippen molar-refractivity contribution < 1.29 is 0 Å². The topological polar surface area (TPSA) is 15.3 Å². The Labute approximate surface area is 76.6 Å². The van der Waals surface area contributed by atoms with Gasteiger partial charge < -0.3 is 5.32 Å². The van der Waals surface area contributed by atoms with E-state index in [-0.39, 0.29) is 0 Å². The van der Waals surface area contributed by atoms with Gasteiger partial charge in [-0.1, -0.05) is 13.0 Å². The lowest BCUT2D eigenvalue weighted by atomic mass is 10.3. The molecule has 0 heterocycles. The zero-order valence-corrected chi connectivity index (χ0v) is 8.47. The van der Waals surface area contributed by atoms with Crippen molar-refractivity contribution in [1.29, 1.82) is 0 Å². The number of likely N-dealkylation sites (N-methyl/N-ethyl adjacent to an activating group) is 1. The molecule has 0 aromatic carbocycles. The van der Waals surface area contributed by atoms with E-state index in [0.29, 0.717) is 0 Å². The molecule has 0 aliphatic heterocycles. The molecule has 0 unspecified atom stereocenters. The molecule has 0 rings (SSSR count). The van der Waals surface area contributed by atoms with Crippen molar-refractivity contribution >= 4 is 0 Å². The fourth-order valence-electron chi connectivity index (χ4n) is 1.20. The summed E-state index contributed by atoms with van der Waals surface area (Å²) in [6, 6.07) is 0. The molecule has 0 spiro atoms. The van der Waals surface area contributed by atoms with Gasteiger partial charge in [0.1, 0.15) is 0 Å². The van der Waals surface area contributed by atoms with Gasteiger partial charge in [0, 0.05) is 6.54 Å². The minimum Gasteiger partial charge on any atom is -0.320 e. The van der Waals surface area contributed by atoms with Gasteiger partial charge in [0.15, 0.2) is 0 Å². The summed E-state index contributed by atoms with van der Waals surface area (Å²) in [6.45, 7) is 10.4. The molecule has 0 aliphatic rings. The zero-order chi connectivity index (χ0) is 9.23. The molecule has 0 saturated carbocycles. The molecule has 0 fully saturated rings. The number of rotatable bonds is 8. The monoisotopic (exact) mass is 170 g/mol. The molecule has 0 aromatic heterocycles. The third kappa shape index (κ3) is 6.38. The zero-order valence-electron chi connectivity index (χ0n) is 8.47. The van der Waals surface area contributed by atoms with Crippen molar-refractivity contribution in [1.82, 2.24) is 10.2 Å². The molecular weight excluding hydrogens is 148 g/mol. The summed E-state index contributed by atoms with van der Waals surface area (Å²) in [4.78, 5) is 2.41. The van der Waals surface area contributed by atoms with E-state index in [0.717, 1.165) is 19.6 Å². The first-order chi connectivity index (χ1) is 5.85. The Morgan fingerprint density at radius 3 is 2.67 bits per heavy atom. The van der Waals surface area contributed by atoms with Crippen molar-refractivity contribution in [2.24, 2.45) is 0 Å². The standard InChI is InChI=1S/C10H22N2/c1-4-9-12(5-2)10-7-6-8-11-3/h4,11H,1,5-10H2,2-3H3. The lowest BCUT2D eigenvalue weighted by Crippen LogP contribution is -2.25. The van der Waals surface area contributed by atoms with E-state index in [1.54, 1.807) is 0 Å². The maximum absolute atomic E-state index is 3.74. The van der Waals surface area contributed by atoms with Crippen molar-refractivity contribution in [3.05, 3.63) is 12.7 Å². The Kier molecular flexibility index (Phi) is 8.51. The minimum atomic E-state index is 1.02. The Morgan fingerprint density at radius 2 is 2.17 bits per heavy atom. The summed E-state index contributed by atoms with van der Waals surface area (Å²) in [5.74, 6) is 0. The summed E-state index contributed by atoms with van der Waals surface area (Å²) >= 11 is 0. The fraction of sp³-hybridized carbons (Fsp3) is 0.800. The molecule has 0 radical (unpaired) electrons. The van der Waals surface area contributed by atoms with Crippen LogP contribution in [-0.2, 0) is 0 Å². The summed E-state index contributed by atoms with van der Waals surface area (Å²) in [5, 5.41) is 3.15. The minimum absolute atomic E-state index is 1.02. The summed E-state index contributed by atoms with van der Waals surface area (Å²) in [5.41, 5.74) is 0. The van der Waals surface area contributed by atoms with Crippen LogP contribution in [0.2, 0.25) is 0 Å². The third-order valence-corrected chi connectivity index (χ3v) is 1.99. The number of hydrogen-bond donors (Lipinski definition) is 1. The summed E-state index contributed by atoms with van der Waals surface area (Å²) in [6.07, 6.45) is 4.52. The summed E-state index contributed by atoms with van der Waals surface area (Å²) in [7, 11) is 2.00. The average Bonchev–Trinajstić information content (AvgIpc) is 2.10. The van der Waals surface area contributed by atoms with E-state index in [9.17, 15) is 0 Å². The largest absolute Gasteiger partial charge is 0.320 e. The lowest BCUT2D eigenvalue weighted by Gasteiger charge is -2.17. The van der Waals surface area contributed by atoms with Crippen LogP contribution >= 0.6 is 0 Å². The van der Waals surface area contributed by atoms with Crippen LogP contribution in [0.4, 0.5) is 0 Å². The predicted octanol–water partition coefficient (Wildman–Crippen LogP) is 1.49.